The van der Waals surface area contributed by atoms with E-state index >= 15 is 0 Å². The fourth-order valence-corrected chi connectivity index (χ4v) is 3.28. The van der Waals surface area contributed by atoms with Crippen LogP contribution in [0.4, 0.5) is 0 Å². The zero-order valence-electron chi connectivity index (χ0n) is 11.3. The van der Waals surface area contributed by atoms with Gasteiger partial charge in [-0.3, -0.25) is 0 Å². The lowest BCUT2D eigenvalue weighted by Gasteiger charge is -2.05. The molecule has 0 atom stereocenters. The van der Waals surface area contributed by atoms with Gasteiger partial charge in [0.1, 0.15) is 9.84 Å². The van der Waals surface area contributed by atoms with Crippen molar-refractivity contribution in [1.29, 1.82) is 0 Å². The first-order valence-electron chi connectivity index (χ1n) is 6.55. The third kappa shape index (κ3) is 3.34. The molecule has 2 rings (SSSR count). The predicted molar refractivity (Wildman–Crippen MR) is 81.8 cm³/mol. The van der Waals surface area contributed by atoms with Crippen LogP contribution in [0, 0.1) is 0 Å². The van der Waals surface area contributed by atoms with Crippen LogP contribution >= 0.6 is 11.6 Å². The third-order valence-corrected chi connectivity index (χ3v) is 5.42. The van der Waals surface area contributed by atoms with E-state index in [9.17, 15) is 13.5 Å². The van der Waals surface area contributed by atoms with E-state index in [1.807, 2.05) is 22.9 Å². The summed E-state index contributed by atoms with van der Waals surface area (Å²) in [5.41, 5.74) is 1.76. The summed E-state index contributed by atoms with van der Waals surface area (Å²) < 4.78 is 25.0. The minimum Gasteiger partial charge on any atom is -0.392 e. The summed E-state index contributed by atoms with van der Waals surface area (Å²) >= 11 is 6.00. The van der Waals surface area contributed by atoms with E-state index < -0.39 is 9.84 Å². The lowest BCUT2D eigenvalue weighted by atomic mass is 10.2. The largest absolute Gasteiger partial charge is 0.392 e. The van der Waals surface area contributed by atoms with Crippen LogP contribution in [0.15, 0.2) is 24.4 Å². The molecule has 20 heavy (non-hydrogen) atoms. The molecule has 0 saturated carbocycles. The Morgan fingerprint density at radius 3 is 2.75 bits per heavy atom. The SMILES string of the molecule is CCS(=O)(=O)CCCn1cc(CO)c2ccc(Cl)cc21. The zero-order valence-corrected chi connectivity index (χ0v) is 12.9. The molecule has 1 aromatic carbocycles. The second-order valence-electron chi connectivity index (χ2n) is 4.76. The molecule has 0 unspecified atom stereocenters. The van der Waals surface area contributed by atoms with E-state index in [0.717, 1.165) is 16.5 Å². The third-order valence-electron chi connectivity index (χ3n) is 3.39. The zero-order chi connectivity index (χ0) is 14.8. The Hall–Kier alpha value is -1.04. The maximum absolute atomic E-state index is 11.5. The van der Waals surface area contributed by atoms with Crippen molar-refractivity contribution in [3.8, 4) is 0 Å². The fraction of sp³-hybridized carbons (Fsp3) is 0.429. The topological polar surface area (TPSA) is 59.3 Å². The maximum Gasteiger partial charge on any atom is 0.150 e. The molecule has 0 bridgehead atoms. The smallest absolute Gasteiger partial charge is 0.150 e. The van der Waals surface area contributed by atoms with Gasteiger partial charge in [0.05, 0.1) is 12.4 Å². The number of benzene rings is 1. The first-order valence-corrected chi connectivity index (χ1v) is 8.75. The average molecular weight is 316 g/mol. The summed E-state index contributed by atoms with van der Waals surface area (Å²) in [6.45, 7) is 2.21. The number of aromatic nitrogens is 1. The van der Waals surface area contributed by atoms with Gasteiger partial charge in [-0.25, -0.2) is 8.42 Å². The summed E-state index contributed by atoms with van der Waals surface area (Å²) in [7, 11) is -2.94. The monoisotopic (exact) mass is 315 g/mol. The molecule has 110 valence electrons. The van der Waals surface area contributed by atoms with E-state index in [4.69, 9.17) is 11.6 Å². The summed E-state index contributed by atoms with van der Waals surface area (Å²) in [5.74, 6) is 0.353. The van der Waals surface area contributed by atoms with Gasteiger partial charge in [0, 0.05) is 40.0 Å². The molecule has 0 aliphatic rings. The number of rotatable bonds is 6. The van der Waals surface area contributed by atoms with Crippen molar-refractivity contribution in [3.63, 3.8) is 0 Å². The molecule has 0 saturated heterocycles. The van der Waals surface area contributed by atoms with E-state index in [1.165, 1.54) is 0 Å². The van der Waals surface area contributed by atoms with Crippen molar-refractivity contribution in [2.45, 2.75) is 26.5 Å². The molecule has 0 aliphatic heterocycles. The highest BCUT2D eigenvalue weighted by Crippen LogP contribution is 2.25. The molecule has 1 N–H and O–H groups in total. The van der Waals surface area contributed by atoms with Crippen molar-refractivity contribution in [2.75, 3.05) is 11.5 Å². The number of aliphatic hydroxyl groups excluding tert-OH is 1. The van der Waals surface area contributed by atoms with E-state index in [1.54, 1.807) is 13.0 Å². The molecule has 1 heterocycles. The van der Waals surface area contributed by atoms with Crippen molar-refractivity contribution < 1.29 is 13.5 Å². The number of nitrogens with zero attached hydrogens (tertiary/aromatic N) is 1. The maximum atomic E-state index is 11.5. The fourth-order valence-electron chi connectivity index (χ4n) is 2.25. The quantitative estimate of drug-likeness (QED) is 0.891. The highest BCUT2D eigenvalue weighted by atomic mass is 35.5. The van der Waals surface area contributed by atoms with Crippen LogP contribution in [-0.4, -0.2) is 29.6 Å². The van der Waals surface area contributed by atoms with E-state index in [0.29, 0.717) is 18.0 Å². The summed E-state index contributed by atoms with van der Waals surface area (Å²) in [5, 5.41) is 11.0. The molecule has 1 aromatic heterocycles. The van der Waals surface area contributed by atoms with Crippen LogP contribution in [0.1, 0.15) is 18.9 Å². The van der Waals surface area contributed by atoms with Crippen molar-refractivity contribution in [2.24, 2.45) is 0 Å². The predicted octanol–water partition coefficient (Wildman–Crippen LogP) is 2.61. The van der Waals surface area contributed by atoms with Gasteiger partial charge in [-0.1, -0.05) is 24.6 Å². The van der Waals surface area contributed by atoms with Crippen molar-refractivity contribution >= 4 is 32.3 Å². The number of sulfone groups is 1. The molecule has 2 aromatic rings. The molecule has 0 amide bonds. The Morgan fingerprint density at radius 1 is 1.35 bits per heavy atom. The van der Waals surface area contributed by atoms with Crippen molar-refractivity contribution in [3.05, 3.63) is 35.0 Å². The van der Waals surface area contributed by atoms with Gasteiger partial charge in [-0.2, -0.15) is 0 Å². The first-order chi connectivity index (χ1) is 9.46. The Kier molecular flexibility index (Phi) is 4.73. The number of halogens is 1. The van der Waals surface area contributed by atoms with Gasteiger partial charge in [-0.15, -0.1) is 0 Å². The summed E-state index contributed by atoms with van der Waals surface area (Å²) in [4.78, 5) is 0. The molecular weight excluding hydrogens is 298 g/mol. The summed E-state index contributed by atoms with van der Waals surface area (Å²) in [6.07, 6.45) is 2.41. The van der Waals surface area contributed by atoms with Gasteiger partial charge in [0.15, 0.2) is 0 Å². The minimum atomic E-state index is -2.94. The van der Waals surface area contributed by atoms with E-state index in [-0.39, 0.29) is 18.1 Å². The van der Waals surface area contributed by atoms with Crippen molar-refractivity contribution in [1.82, 2.24) is 4.57 Å². The van der Waals surface area contributed by atoms with Gasteiger partial charge in [0.25, 0.3) is 0 Å². The lowest BCUT2D eigenvalue weighted by Crippen LogP contribution is -2.11. The Bertz CT molecular complexity index is 707. The van der Waals surface area contributed by atoms with E-state index in [2.05, 4.69) is 0 Å². The van der Waals surface area contributed by atoms with Crippen LogP contribution in [0.5, 0.6) is 0 Å². The Morgan fingerprint density at radius 2 is 2.10 bits per heavy atom. The number of aryl methyl sites for hydroxylation is 1. The molecule has 6 heteroatoms. The summed E-state index contributed by atoms with van der Waals surface area (Å²) in [6, 6.07) is 5.50. The van der Waals surface area contributed by atoms with Crippen LogP contribution < -0.4 is 0 Å². The molecule has 0 aliphatic carbocycles. The first kappa shape index (κ1) is 15.4. The number of hydrogen-bond donors (Lipinski definition) is 1. The number of fused-ring (bicyclic) bond motifs is 1. The normalized spacial score (nSPS) is 12.2. The van der Waals surface area contributed by atoms with Crippen LogP contribution in [0.25, 0.3) is 10.9 Å². The number of aliphatic hydroxyl groups is 1. The Balaban J connectivity index is 2.24. The highest BCUT2D eigenvalue weighted by Gasteiger charge is 2.10. The second-order valence-corrected chi connectivity index (χ2v) is 7.67. The highest BCUT2D eigenvalue weighted by molar-refractivity contribution is 7.91. The lowest BCUT2D eigenvalue weighted by molar-refractivity contribution is 0.283. The second kappa shape index (κ2) is 6.16. The van der Waals surface area contributed by atoms with Crippen LogP contribution in [0.3, 0.4) is 0 Å². The van der Waals surface area contributed by atoms with Gasteiger partial charge < -0.3 is 9.67 Å². The van der Waals surface area contributed by atoms with Crippen LogP contribution in [0.2, 0.25) is 5.02 Å². The molecular formula is C14H18ClNO3S. The minimum absolute atomic E-state index is 0.0433. The Labute approximate surface area is 123 Å². The molecule has 0 fully saturated rings. The van der Waals surface area contributed by atoms with Gasteiger partial charge in [0.2, 0.25) is 0 Å². The van der Waals surface area contributed by atoms with Gasteiger partial charge in [-0.05, 0) is 18.6 Å². The standard InChI is InChI=1S/C14H18ClNO3S/c1-2-20(18,19)7-3-6-16-9-11(10-17)13-5-4-12(15)8-14(13)16/h4-5,8-9,17H,2-3,6-7,10H2,1H3. The average Bonchev–Trinajstić information content (AvgIpc) is 2.76. The number of hydrogen-bond acceptors (Lipinski definition) is 3. The molecule has 0 radical (unpaired) electrons. The molecule has 4 nitrogen and oxygen atoms in total. The molecule has 0 spiro atoms. The van der Waals surface area contributed by atoms with Crippen LogP contribution in [-0.2, 0) is 23.0 Å². The van der Waals surface area contributed by atoms with Gasteiger partial charge >= 0.3 is 0 Å².